The van der Waals surface area contributed by atoms with Gasteiger partial charge in [-0.25, -0.2) is 4.98 Å². The first kappa shape index (κ1) is 17.8. The van der Waals surface area contributed by atoms with E-state index in [1.165, 1.54) is 22.7 Å². The van der Waals surface area contributed by atoms with Gasteiger partial charge in [-0.2, -0.15) is 0 Å². The molecule has 0 spiro atoms. The van der Waals surface area contributed by atoms with Crippen molar-refractivity contribution in [2.45, 2.75) is 26.2 Å². The number of thiazole rings is 1. The van der Waals surface area contributed by atoms with Crippen molar-refractivity contribution < 1.29 is 4.79 Å². The molecule has 0 fully saturated rings. The molecule has 136 valence electrons. The third kappa shape index (κ3) is 3.77. The molecule has 0 radical (unpaired) electrons. The number of amides is 1. The van der Waals surface area contributed by atoms with E-state index in [4.69, 9.17) is 0 Å². The van der Waals surface area contributed by atoms with Gasteiger partial charge < -0.3 is 0 Å². The van der Waals surface area contributed by atoms with Crippen LogP contribution >= 0.6 is 22.7 Å². The maximum Gasteiger partial charge on any atom is 0.267 e. The van der Waals surface area contributed by atoms with Crippen molar-refractivity contribution in [3.05, 3.63) is 64.7 Å². The number of hydrogen-bond donors (Lipinski definition) is 1. The van der Waals surface area contributed by atoms with E-state index in [0.29, 0.717) is 10.0 Å². The largest absolute Gasteiger partial charge is 0.297 e. The molecule has 3 aromatic heterocycles. The average molecular weight is 394 g/mol. The van der Waals surface area contributed by atoms with Crippen molar-refractivity contribution in [2.24, 2.45) is 0 Å². The monoisotopic (exact) mass is 393 g/mol. The number of carbonyl (C=O) groups excluding carboxylic acids is 1. The highest BCUT2D eigenvalue weighted by Crippen LogP contribution is 2.31. The van der Waals surface area contributed by atoms with E-state index in [1.807, 2.05) is 29.8 Å². The second-order valence-corrected chi connectivity index (χ2v) is 9.29. The number of carbonyl (C=O) groups is 1. The average Bonchev–Trinajstić information content (AvgIpc) is 3.28. The second kappa shape index (κ2) is 6.87. The fourth-order valence-corrected chi connectivity index (χ4v) is 4.57. The van der Waals surface area contributed by atoms with Gasteiger partial charge in [0.05, 0.1) is 10.6 Å². The summed E-state index contributed by atoms with van der Waals surface area (Å²) in [6.45, 7) is 6.33. The molecule has 1 aromatic carbocycles. The number of nitrogens with zero attached hydrogens (tertiary/aromatic N) is 2. The Morgan fingerprint density at radius 3 is 2.67 bits per heavy atom. The van der Waals surface area contributed by atoms with Crippen LogP contribution in [0.4, 0.5) is 5.13 Å². The van der Waals surface area contributed by atoms with E-state index in [2.05, 4.69) is 54.3 Å². The summed E-state index contributed by atoms with van der Waals surface area (Å²) < 4.78 is 1.09. The van der Waals surface area contributed by atoms with Crippen LogP contribution in [0.1, 0.15) is 36.1 Å². The molecule has 0 aliphatic rings. The zero-order valence-corrected chi connectivity index (χ0v) is 16.9. The van der Waals surface area contributed by atoms with Crippen LogP contribution in [0, 0.1) is 0 Å². The molecule has 0 aliphatic heterocycles. The lowest BCUT2D eigenvalue weighted by Crippen LogP contribution is -2.13. The number of rotatable bonds is 3. The Balaban J connectivity index is 1.58. The standard InChI is InChI=1S/C21H19N3OS2/c1-21(2,3)18-12-26-20(23-18)24-19(25)17-10-15-9-13(6-7-16(15)27-17)14-5-4-8-22-11-14/h4-12H,1-3H3,(H,23,24,25). The first-order valence-corrected chi connectivity index (χ1v) is 10.3. The van der Waals surface area contributed by atoms with E-state index < -0.39 is 0 Å². The summed E-state index contributed by atoms with van der Waals surface area (Å²) in [5.74, 6) is -0.117. The molecular formula is C21H19N3OS2. The van der Waals surface area contributed by atoms with E-state index in [-0.39, 0.29) is 11.3 Å². The quantitative estimate of drug-likeness (QED) is 0.466. The fraction of sp³-hybridized carbons (Fsp3) is 0.190. The molecule has 0 aliphatic carbocycles. The van der Waals surface area contributed by atoms with Crippen molar-refractivity contribution in [3.63, 3.8) is 0 Å². The summed E-state index contributed by atoms with van der Waals surface area (Å²) in [5.41, 5.74) is 3.12. The van der Waals surface area contributed by atoms with Gasteiger partial charge in [0.2, 0.25) is 0 Å². The summed E-state index contributed by atoms with van der Waals surface area (Å²) in [4.78, 5) is 22.0. The molecule has 6 heteroatoms. The molecule has 0 bridgehead atoms. The van der Waals surface area contributed by atoms with E-state index in [9.17, 15) is 4.79 Å². The first-order chi connectivity index (χ1) is 12.9. The number of fused-ring (bicyclic) bond motifs is 1. The highest BCUT2D eigenvalue weighted by atomic mass is 32.1. The number of thiophene rings is 1. The Bertz CT molecular complexity index is 1110. The lowest BCUT2D eigenvalue weighted by atomic mass is 9.93. The Kier molecular flexibility index (Phi) is 4.53. The molecule has 0 atom stereocenters. The summed E-state index contributed by atoms with van der Waals surface area (Å²) in [7, 11) is 0. The number of nitrogens with one attached hydrogen (secondary N) is 1. The number of aromatic nitrogens is 2. The Labute approximate surface area is 165 Å². The third-order valence-corrected chi connectivity index (χ3v) is 6.10. The predicted octanol–water partition coefficient (Wildman–Crippen LogP) is 5.97. The van der Waals surface area contributed by atoms with Crippen molar-refractivity contribution in [2.75, 3.05) is 5.32 Å². The van der Waals surface area contributed by atoms with E-state index in [1.54, 1.807) is 6.20 Å². The molecule has 0 saturated heterocycles. The zero-order valence-electron chi connectivity index (χ0n) is 15.3. The third-order valence-electron chi connectivity index (χ3n) is 4.23. The second-order valence-electron chi connectivity index (χ2n) is 7.35. The molecule has 0 unspecified atom stereocenters. The van der Waals surface area contributed by atoms with Crippen molar-refractivity contribution >= 4 is 43.8 Å². The normalized spacial score (nSPS) is 11.7. The van der Waals surface area contributed by atoms with E-state index in [0.717, 1.165) is 26.9 Å². The highest BCUT2D eigenvalue weighted by Gasteiger charge is 2.19. The van der Waals surface area contributed by atoms with E-state index >= 15 is 0 Å². The van der Waals surface area contributed by atoms with Gasteiger partial charge >= 0.3 is 0 Å². The molecule has 3 heterocycles. The van der Waals surface area contributed by atoms with Gasteiger partial charge in [0.1, 0.15) is 0 Å². The van der Waals surface area contributed by atoms with Gasteiger partial charge in [0, 0.05) is 33.5 Å². The summed E-state index contributed by atoms with van der Waals surface area (Å²) in [5, 5.41) is 6.62. The topological polar surface area (TPSA) is 54.9 Å². The summed E-state index contributed by atoms with van der Waals surface area (Å²) >= 11 is 2.95. The van der Waals surface area contributed by atoms with Gasteiger partial charge in [-0.15, -0.1) is 22.7 Å². The van der Waals surface area contributed by atoms with Crippen LogP contribution in [0.3, 0.4) is 0 Å². The molecule has 4 aromatic rings. The zero-order chi connectivity index (χ0) is 19.0. The Hall–Kier alpha value is -2.57. The minimum absolute atomic E-state index is 0.0280. The Morgan fingerprint density at radius 1 is 1.11 bits per heavy atom. The maximum atomic E-state index is 12.7. The Morgan fingerprint density at radius 2 is 1.96 bits per heavy atom. The molecule has 4 nitrogen and oxygen atoms in total. The van der Waals surface area contributed by atoms with Crippen LogP contribution in [-0.4, -0.2) is 15.9 Å². The van der Waals surface area contributed by atoms with Gasteiger partial charge in [-0.05, 0) is 35.2 Å². The van der Waals surface area contributed by atoms with Gasteiger partial charge in [-0.3, -0.25) is 15.1 Å². The van der Waals surface area contributed by atoms with Gasteiger partial charge in [0.15, 0.2) is 5.13 Å². The van der Waals surface area contributed by atoms with Crippen molar-refractivity contribution in [1.82, 2.24) is 9.97 Å². The molecule has 1 N–H and O–H groups in total. The molecule has 1 amide bonds. The number of pyridine rings is 1. The van der Waals surface area contributed by atoms with Crippen molar-refractivity contribution in [3.8, 4) is 11.1 Å². The highest BCUT2D eigenvalue weighted by molar-refractivity contribution is 7.21. The molecule has 0 saturated carbocycles. The SMILES string of the molecule is CC(C)(C)c1csc(NC(=O)c2cc3cc(-c4cccnc4)ccc3s2)n1. The summed E-state index contributed by atoms with van der Waals surface area (Å²) in [6.07, 6.45) is 3.61. The van der Waals surface area contributed by atoms with Crippen LogP contribution in [0.25, 0.3) is 21.2 Å². The number of benzene rings is 1. The lowest BCUT2D eigenvalue weighted by Gasteiger charge is -2.14. The van der Waals surface area contributed by atoms with Crippen LogP contribution in [0.5, 0.6) is 0 Å². The van der Waals surface area contributed by atoms with Gasteiger partial charge in [-0.1, -0.05) is 32.9 Å². The van der Waals surface area contributed by atoms with Crippen LogP contribution in [-0.2, 0) is 5.41 Å². The van der Waals surface area contributed by atoms with Crippen LogP contribution < -0.4 is 5.32 Å². The lowest BCUT2D eigenvalue weighted by molar-refractivity contribution is 0.103. The van der Waals surface area contributed by atoms with Crippen molar-refractivity contribution in [1.29, 1.82) is 0 Å². The predicted molar refractivity (Wildman–Crippen MR) is 114 cm³/mol. The maximum absolute atomic E-state index is 12.7. The first-order valence-electron chi connectivity index (χ1n) is 8.61. The number of anilines is 1. The van der Waals surface area contributed by atoms with Crippen LogP contribution in [0.2, 0.25) is 0 Å². The number of hydrogen-bond acceptors (Lipinski definition) is 5. The van der Waals surface area contributed by atoms with Gasteiger partial charge in [0.25, 0.3) is 5.91 Å². The smallest absolute Gasteiger partial charge is 0.267 e. The molecular weight excluding hydrogens is 374 g/mol. The molecule has 27 heavy (non-hydrogen) atoms. The molecule has 4 rings (SSSR count). The fourth-order valence-electron chi connectivity index (χ4n) is 2.70. The minimum atomic E-state index is -0.117. The van der Waals surface area contributed by atoms with Crippen LogP contribution in [0.15, 0.2) is 54.2 Å². The minimum Gasteiger partial charge on any atom is -0.297 e. The summed E-state index contributed by atoms with van der Waals surface area (Å²) in [6, 6.07) is 12.1.